The van der Waals surface area contributed by atoms with Crippen molar-refractivity contribution in [1.29, 1.82) is 0 Å². The maximum Gasteiger partial charge on any atom is 0.220 e. The number of amides is 1. The van der Waals surface area contributed by atoms with Crippen LogP contribution < -0.4 is 5.32 Å². The van der Waals surface area contributed by atoms with Crippen LogP contribution in [0, 0.1) is 0 Å². The highest BCUT2D eigenvalue weighted by atomic mass is 16.5. The maximum absolute atomic E-state index is 12.1. The van der Waals surface area contributed by atoms with E-state index >= 15 is 0 Å². The summed E-state index contributed by atoms with van der Waals surface area (Å²) in [5, 5.41) is 13.4. The minimum atomic E-state index is -0.596. The molecule has 2 saturated heterocycles. The number of hydrogen-bond donors (Lipinski definition) is 2. The van der Waals surface area contributed by atoms with Crippen LogP contribution in [0.3, 0.4) is 0 Å². The van der Waals surface area contributed by atoms with E-state index in [1.807, 2.05) is 12.1 Å². The minimum Gasteiger partial charge on any atom is -0.388 e. The highest BCUT2D eigenvalue weighted by molar-refractivity contribution is 5.76. The van der Waals surface area contributed by atoms with Crippen molar-refractivity contribution in [3.8, 4) is 0 Å². The van der Waals surface area contributed by atoms with Gasteiger partial charge in [0.1, 0.15) is 0 Å². The number of carbonyl (C=O) groups is 1. The Bertz CT molecular complexity index is 576. The molecule has 3 rings (SSSR count). The summed E-state index contributed by atoms with van der Waals surface area (Å²) in [7, 11) is 0. The standard InChI is InChI=1S/C20H29NO3/c1-20(2,3)14-6-4-13(5-7-14)17(22)9-11-19(23)21-16-12-15-8-10-18(16)24-15/h4-7,15-18,22H,8-12H2,1-3H3,(H,21,23)/t15-,16+,17-,18-/m1/s1. The number of carbonyl (C=O) groups excluding carboxylic acids is 1. The summed E-state index contributed by atoms with van der Waals surface area (Å²) in [5.74, 6) is 0.0153. The van der Waals surface area contributed by atoms with Gasteiger partial charge in [0.2, 0.25) is 5.91 Å². The lowest BCUT2D eigenvalue weighted by Gasteiger charge is -2.21. The van der Waals surface area contributed by atoms with E-state index in [1.54, 1.807) is 0 Å². The number of nitrogens with one attached hydrogen (secondary N) is 1. The lowest BCUT2D eigenvalue weighted by molar-refractivity contribution is -0.122. The summed E-state index contributed by atoms with van der Waals surface area (Å²) in [4.78, 5) is 12.1. The Morgan fingerprint density at radius 2 is 2.00 bits per heavy atom. The molecule has 4 heteroatoms. The first-order chi connectivity index (χ1) is 11.3. The molecule has 0 aliphatic carbocycles. The Labute approximate surface area is 144 Å². The van der Waals surface area contributed by atoms with E-state index in [1.165, 1.54) is 5.56 Å². The summed E-state index contributed by atoms with van der Waals surface area (Å²) in [6.07, 6.45) is 3.85. The van der Waals surface area contributed by atoms with Gasteiger partial charge in [-0.05, 0) is 42.2 Å². The zero-order valence-corrected chi connectivity index (χ0v) is 14.9. The molecule has 0 radical (unpaired) electrons. The fraction of sp³-hybridized carbons (Fsp3) is 0.650. The van der Waals surface area contributed by atoms with Gasteiger partial charge in [0.25, 0.3) is 0 Å². The van der Waals surface area contributed by atoms with Crippen molar-refractivity contribution < 1.29 is 14.6 Å². The largest absolute Gasteiger partial charge is 0.388 e. The lowest BCUT2D eigenvalue weighted by Crippen LogP contribution is -2.41. The Balaban J connectivity index is 1.46. The average Bonchev–Trinajstić information content (AvgIpc) is 3.14. The van der Waals surface area contributed by atoms with Gasteiger partial charge in [-0.2, -0.15) is 0 Å². The maximum atomic E-state index is 12.1. The van der Waals surface area contributed by atoms with Gasteiger partial charge in [0.05, 0.1) is 24.4 Å². The fourth-order valence-electron chi connectivity index (χ4n) is 3.71. The Morgan fingerprint density at radius 1 is 1.29 bits per heavy atom. The molecule has 0 unspecified atom stereocenters. The summed E-state index contributed by atoms with van der Waals surface area (Å²) < 4.78 is 5.76. The molecule has 2 fully saturated rings. The van der Waals surface area contributed by atoms with Gasteiger partial charge < -0.3 is 15.2 Å². The van der Waals surface area contributed by atoms with Crippen molar-refractivity contribution >= 4 is 5.91 Å². The summed E-state index contributed by atoms with van der Waals surface area (Å²) >= 11 is 0. The predicted octanol–water partition coefficient (Wildman–Crippen LogP) is 3.23. The van der Waals surface area contributed by atoms with Gasteiger partial charge in [-0.25, -0.2) is 0 Å². The first kappa shape index (κ1) is 17.4. The van der Waals surface area contributed by atoms with Crippen LogP contribution in [0.5, 0.6) is 0 Å². The van der Waals surface area contributed by atoms with E-state index in [2.05, 4.69) is 38.2 Å². The van der Waals surface area contributed by atoms with Crippen molar-refractivity contribution in [3.63, 3.8) is 0 Å². The normalized spacial score (nSPS) is 27.2. The Hall–Kier alpha value is -1.39. The molecule has 4 nitrogen and oxygen atoms in total. The summed E-state index contributed by atoms with van der Waals surface area (Å²) in [5.41, 5.74) is 2.22. The van der Waals surface area contributed by atoms with Crippen LogP contribution in [-0.4, -0.2) is 29.3 Å². The third-order valence-electron chi connectivity index (χ3n) is 5.26. The lowest BCUT2D eigenvalue weighted by atomic mass is 9.86. The van der Waals surface area contributed by atoms with Crippen LogP contribution in [0.2, 0.25) is 0 Å². The monoisotopic (exact) mass is 331 g/mol. The SMILES string of the molecule is CC(C)(C)c1ccc([C@H](O)CCC(=O)N[C@H]2C[C@H]3CC[C@H]2O3)cc1. The molecule has 0 aromatic heterocycles. The summed E-state index contributed by atoms with van der Waals surface area (Å²) in [6, 6.07) is 8.22. The van der Waals surface area contributed by atoms with Crippen molar-refractivity contribution in [2.24, 2.45) is 0 Å². The first-order valence-corrected chi connectivity index (χ1v) is 9.06. The van der Waals surface area contributed by atoms with Crippen LogP contribution >= 0.6 is 0 Å². The third kappa shape index (κ3) is 3.98. The highest BCUT2D eigenvalue weighted by Gasteiger charge is 2.41. The number of hydrogen-bond acceptors (Lipinski definition) is 3. The van der Waals surface area contributed by atoms with Gasteiger partial charge in [-0.3, -0.25) is 4.79 Å². The number of aliphatic hydroxyl groups is 1. The predicted molar refractivity (Wildman–Crippen MR) is 93.8 cm³/mol. The van der Waals surface area contributed by atoms with Gasteiger partial charge in [-0.15, -0.1) is 0 Å². The first-order valence-electron chi connectivity index (χ1n) is 9.06. The van der Waals surface area contributed by atoms with E-state index in [-0.39, 0.29) is 23.5 Å². The molecule has 2 heterocycles. The molecular formula is C20H29NO3. The Morgan fingerprint density at radius 3 is 2.54 bits per heavy atom. The molecule has 2 aliphatic rings. The molecule has 1 aromatic carbocycles. The topological polar surface area (TPSA) is 58.6 Å². The van der Waals surface area contributed by atoms with Crippen LogP contribution in [-0.2, 0) is 14.9 Å². The second kappa shape index (κ2) is 6.85. The molecule has 2 N–H and O–H groups in total. The number of fused-ring (bicyclic) bond motifs is 2. The molecule has 2 aliphatic heterocycles. The van der Waals surface area contributed by atoms with Crippen molar-refractivity contribution in [3.05, 3.63) is 35.4 Å². The fourth-order valence-corrected chi connectivity index (χ4v) is 3.71. The van der Waals surface area contributed by atoms with Gasteiger partial charge in [-0.1, -0.05) is 45.0 Å². The van der Waals surface area contributed by atoms with Crippen LogP contribution in [0.4, 0.5) is 0 Å². The molecule has 24 heavy (non-hydrogen) atoms. The molecular weight excluding hydrogens is 302 g/mol. The number of ether oxygens (including phenoxy) is 1. The molecule has 2 bridgehead atoms. The zero-order valence-electron chi connectivity index (χ0n) is 14.9. The molecule has 4 atom stereocenters. The van der Waals surface area contributed by atoms with Crippen LogP contribution in [0.15, 0.2) is 24.3 Å². The van der Waals surface area contributed by atoms with Gasteiger partial charge >= 0.3 is 0 Å². The third-order valence-corrected chi connectivity index (χ3v) is 5.26. The van der Waals surface area contributed by atoms with E-state index in [4.69, 9.17) is 4.74 Å². The van der Waals surface area contributed by atoms with Crippen molar-refractivity contribution in [1.82, 2.24) is 5.32 Å². The number of rotatable bonds is 5. The van der Waals surface area contributed by atoms with E-state index in [0.717, 1.165) is 24.8 Å². The molecule has 1 aromatic rings. The smallest absolute Gasteiger partial charge is 0.220 e. The average molecular weight is 331 g/mol. The number of aliphatic hydroxyl groups excluding tert-OH is 1. The van der Waals surface area contributed by atoms with Crippen molar-refractivity contribution in [2.45, 2.75) is 82.6 Å². The van der Waals surface area contributed by atoms with Gasteiger partial charge in [0.15, 0.2) is 0 Å². The molecule has 1 amide bonds. The minimum absolute atomic E-state index is 0.0153. The number of benzene rings is 1. The quantitative estimate of drug-likeness (QED) is 0.871. The molecule has 0 saturated carbocycles. The summed E-state index contributed by atoms with van der Waals surface area (Å²) in [6.45, 7) is 6.51. The second-order valence-electron chi connectivity index (χ2n) is 8.21. The van der Waals surface area contributed by atoms with E-state index in [9.17, 15) is 9.90 Å². The Kier molecular flexibility index (Phi) is 4.97. The molecule has 0 spiro atoms. The van der Waals surface area contributed by atoms with E-state index < -0.39 is 6.10 Å². The van der Waals surface area contributed by atoms with Gasteiger partial charge in [0, 0.05) is 6.42 Å². The van der Waals surface area contributed by atoms with Crippen LogP contribution in [0.1, 0.15) is 70.1 Å². The molecule has 132 valence electrons. The van der Waals surface area contributed by atoms with Crippen molar-refractivity contribution in [2.75, 3.05) is 0 Å². The van der Waals surface area contributed by atoms with Crippen LogP contribution in [0.25, 0.3) is 0 Å². The van der Waals surface area contributed by atoms with E-state index in [0.29, 0.717) is 18.9 Å². The zero-order chi connectivity index (χ0) is 17.3. The second-order valence-corrected chi connectivity index (χ2v) is 8.21. The highest BCUT2D eigenvalue weighted by Crippen LogP contribution is 2.34.